The minimum atomic E-state index is -0.479. The van der Waals surface area contributed by atoms with Gasteiger partial charge in [0.05, 0.1) is 31.8 Å². The first kappa shape index (κ1) is 18.2. The fraction of sp³-hybridized carbons (Fsp3) is 0.409. The van der Waals surface area contributed by atoms with Gasteiger partial charge in [-0.25, -0.2) is 0 Å². The molecule has 0 aromatic heterocycles. The quantitative estimate of drug-likeness (QED) is 0.897. The van der Waals surface area contributed by atoms with Crippen molar-refractivity contribution in [2.24, 2.45) is 0 Å². The van der Waals surface area contributed by atoms with Gasteiger partial charge in [-0.15, -0.1) is 0 Å². The number of likely N-dealkylation sites (tertiary alicyclic amines) is 1. The molecule has 0 radical (unpaired) electrons. The summed E-state index contributed by atoms with van der Waals surface area (Å²) in [5.41, 5.74) is 3.33. The molecule has 2 fully saturated rings. The third-order valence-corrected chi connectivity index (χ3v) is 5.54. The normalized spacial score (nSPS) is 23.5. The van der Waals surface area contributed by atoms with Crippen LogP contribution in [0.4, 0.5) is 0 Å². The van der Waals surface area contributed by atoms with Crippen molar-refractivity contribution in [1.82, 2.24) is 9.80 Å². The van der Waals surface area contributed by atoms with E-state index in [4.69, 9.17) is 4.74 Å². The summed E-state index contributed by atoms with van der Waals surface area (Å²) in [5.74, 6) is 0.0808. The van der Waals surface area contributed by atoms with E-state index < -0.39 is 6.10 Å². The van der Waals surface area contributed by atoms with Gasteiger partial charge in [-0.1, -0.05) is 54.6 Å². The largest absolute Gasteiger partial charge is 0.390 e. The van der Waals surface area contributed by atoms with E-state index in [9.17, 15) is 9.90 Å². The van der Waals surface area contributed by atoms with Gasteiger partial charge in [0.15, 0.2) is 0 Å². The molecule has 5 heteroatoms. The molecule has 0 bridgehead atoms. The van der Waals surface area contributed by atoms with Gasteiger partial charge in [0.25, 0.3) is 0 Å². The van der Waals surface area contributed by atoms with Crippen molar-refractivity contribution in [1.29, 1.82) is 0 Å². The number of carbonyl (C=O) groups excluding carboxylic acids is 1. The van der Waals surface area contributed by atoms with Crippen molar-refractivity contribution < 1.29 is 14.6 Å². The number of morpholine rings is 1. The van der Waals surface area contributed by atoms with Gasteiger partial charge in [0.1, 0.15) is 0 Å². The number of benzene rings is 2. The second kappa shape index (κ2) is 8.21. The highest BCUT2D eigenvalue weighted by atomic mass is 16.5. The van der Waals surface area contributed by atoms with Gasteiger partial charge in [0, 0.05) is 26.2 Å². The second-order valence-electron chi connectivity index (χ2n) is 7.32. The Labute approximate surface area is 160 Å². The Bertz CT molecular complexity index is 757. The molecule has 2 aliphatic rings. The monoisotopic (exact) mass is 366 g/mol. The summed E-state index contributed by atoms with van der Waals surface area (Å²) in [6, 6.07) is 18.4. The predicted molar refractivity (Wildman–Crippen MR) is 104 cm³/mol. The van der Waals surface area contributed by atoms with Crippen LogP contribution >= 0.6 is 0 Å². The van der Waals surface area contributed by atoms with Crippen LogP contribution in [-0.4, -0.2) is 72.4 Å². The van der Waals surface area contributed by atoms with Crippen LogP contribution in [0, 0.1) is 0 Å². The molecule has 0 spiro atoms. The van der Waals surface area contributed by atoms with Crippen LogP contribution in [0.2, 0.25) is 0 Å². The highest BCUT2D eigenvalue weighted by molar-refractivity contribution is 5.79. The van der Waals surface area contributed by atoms with Crippen molar-refractivity contribution in [3.63, 3.8) is 0 Å². The van der Waals surface area contributed by atoms with E-state index in [1.807, 2.05) is 30.3 Å². The van der Waals surface area contributed by atoms with E-state index in [-0.39, 0.29) is 11.9 Å². The van der Waals surface area contributed by atoms with Gasteiger partial charge < -0.3 is 14.7 Å². The lowest BCUT2D eigenvalue weighted by Crippen LogP contribution is -2.49. The van der Waals surface area contributed by atoms with Crippen LogP contribution in [0.25, 0.3) is 11.1 Å². The molecule has 2 aliphatic heterocycles. The van der Waals surface area contributed by atoms with Crippen LogP contribution in [0.5, 0.6) is 0 Å². The molecule has 0 aliphatic carbocycles. The first-order valence-corrected chi connectivity index (χ1v) is 9.63. The van der Waals surface area contributed by atoms with Crippen LogP contribution < -0.4 is 0 Å². The van der Waals surface area contributed by atoms with Crippen molar-refractivity contribution in [2.75, 3.05) is 39.4 Å². The number of hydrogen-bond donors (Lipinski definition) is 1. The smallest absolute Gasteiger partial charge is 0.227 e. The molecule has 2 heterocycles. The number of aliphatic hydroxyl groups is 1. The minimum absolute atomic E-state index is 0.0262. The van der Waals surface area contributed by atoms with E-state index >= 15 is 0 Å². The summed E-state index contributed by atoms with van der Waals surface area (Å²) < 4.78 is 5.39. The zero-order valence-electron chi connectivity index (χ0n) is 15.5. The lowest BCUT2D eigenvalue weighted by atomic mass is 10.0. The van der Waals surface area contributed by atoms with Gasteiger partial charge in [-0.2, -0.15) is 0 Å². The molecule has 0 saturated carbocycles. The molecule has 0 unspecified atom stereocenters. The summed E-state index contributed by atoms with van der Waals surface area (Å²) in [7, 11) is 0. The predicted octanol–water partition coefficient (Wildman–Crippen LogP) is 1.80. The topological polar surface area (TPSA) is 53.0 Å². The third-order valence-electron chi connectivity index (χ3n) is 5.54. The molecule has 2 aromatic rings. The number of β-amino-alcohol motifs (C(OH)–C–C–N with tert-alkyl or cyclic N) is 1. The number of nitrogens with zero attached hydrogens (tertiary/aromatic N) is 2. The average Bonchev–Trinajstić information content (AvgIpc) is 3.12. The van der Waals surface area contributed by atoms with E-state index in [1.165, 1.54) is 5.56 Å². The lowest BCUT2D eigenvalue weighted by molar-refractivity contribution is -0.129. The molecule has 2 atom stereocenters. The Balaban J connectivity index is 1.36. The van der Waals surface area contributed by atoms with Gasteiger partial charge in [-0.3, -0.25) is 9.69 Å². The van der Waals surface area contributed by atoms with Gasteiger partial charge >= 0.3 is 0 Å². The van der Waals surface area contributed by atoms with E-state index in [0.717, 1.165) is 24.2 Å². The van der Waals surface area contributed by atoms with Crippen LogP contribution in [0.1, 0.15) is 5.56 Å². The van der Waals surface area contributed by atoms with Crippen LogP contribution in [0.15, 0.2) is 54.6 Å². The Hall–Kier alpha value is -2.21. The summed E-state index contributed by atoms with van der Waals surface area (Å²) >= 11 is 0. The first-order chi connectivity index (χ1) is 13.2. The van der Waals surface area contributed by atoms with Crippen LogP contribution in [0.3, 0.4) is 0 Å². The van der Waals surface area contributed by atoms with Crippen molar-refractivity contribution in [2.45, 2.75) is 18.6 Å². The van der Waals surface area contributed by atoms with E-state index in [1.54, 1.807) is 4.90 Å². The van der Waals surface area contributed by atoms with Gasteiger partial charge in [-0.05, 0) is 16.7 Å². The van der Waals surface area contributed by atoms with Crippen LogP contribution in [-0.2, 0) is 16.0 Å². The summed E-state index contributed by atoms with van der Waals surface area (Å²) in [5, 5.41) is 10.4. The number of rotatable bonds is 4. The zero-order valence-corrected chi connectivity index (χ0v) is 15.5. The molecule has 1 amide bonds. The molecule has 27 heavy (non-hydrogen) atoms. The number of hydrogen-bond acceptors (Lipinski definition) is 4. The Kier molecular flexibility index (Phi) is 5.53. The molecule has 5 nitrogen and oxygen atoms in total. The standard InChI is InChI=1S/C22H26N2O3/c25-21-16-24(15-20(21)23-10-12-27-13-11-23)22(26)14-17-6-8-19(9-7-17)18-4-2-1-3-5-18/h1-9,20-21,25H,10-16H2/t20-,21-/m0/s1. The molecule has 4 rings (SSSR count). The highest BCUT2D eigenvalue weighted by Gasteiger charge is 2.37. The second-order valence-corrected chi connectivity index (χ2v) is 7.32. The number of carbonyl (C=O) groups is 1. The van der Waals surface area contributed by atoms with E-state index in [0.29, 0.717) is 32.7 Å². The fourth-order valence-corrected chi connectivity index (χ4v) is 3.97. The fourth-order valence-electron chi connectivity index (χ4n) is 3.97. The molecular formula is C22H26N2O3. The molecule has 2 aromatic carbocycles. The van der Waals surface area contributed by atoms with Crippen molar-refractivity contribution in [3.8, 4) is 11.1 Å². The summed E-state index contributed by atoms with van der Waals surface area (Å²) in [4.78, 5) is 16.8. The Morgan fingerprint density at radius 1 is 0.963 bits per heavy atom. The Morgan fingerprint density at radius 2 is 1.63 bits per heavy atom. The SMILES string of the molecule is O=C(Cc1ccc(-c2ccccc2)cc1)N1C[C@H](O)[C@@H](N2CCOCC2)C1. The first-order valence-electron chi connectivity index (χ1n) is 9.63. The summed E-state index contributed by atoms with van der Waals surface area (Å²) in [6.07, 6.45) is -0.107. The lowest BCUT2D eigenvalue weighted by Gasteiger charge is -2.33. The van der Waals surface area contributed by atoms with Crippen molar-refractivity contribution in [3.05, 3.63) is 60.2 Å². The number of amides is 1. The highest BCUT2D eigenvalue weighted by Crippen LogP contribution is 2.21. The number of aliphatic hydroxyl groups excluding tert-OH is 1. The maximum atomic E-state index is 12.7. The average molecular weight is 366 g/mol. The molecule has 142 valence electrons. The minimum Gasteiger partial charge on any atom is -0.390 e. The van der Waals surface area contributed by atoms with Crippen molar-refractivity contribution >= 4 is 5.91 Å². The maximum Gasteiger partial charge on any atom is 0.227 e. The molecule has 2 saturated heterocycles. The molecular weight excluding hydrogens is 340 g/mol. The van der Waals surface area contributed by atoms with Gasteiger partial charge in [0.2, 0.25) is 5.91 Å². The maximum absolute atomic E-state index is 12.7. The van der Waals surface area contributed by atoms with E-state index in [2.05, 4.69) is 29.2 Å². The zero-order chi connectivity index (χ0) is 18.6. The Morgan fingerprint density at radius 3 is 2.33 bits per heavy atom. The molecule has 1 N–H and O–H groups in total. The third kappa shape index (κ3) is 4.21. The number of ether oxygens (including phenoxy) is 1. The summed E-state index contributed by atoms with van der Waals surface area (Å²) in [6.45, 7) is 4.07.